The lowest BCUT2D eigenvalue weighted by Crippen LogP contribution is -2.36. The van der Waals surface area contributed by atoms with Gasteiger partial charge < -0.3 is 15.4 Å². The van der Waals surface area contributed by atoms with Crippen LogP contribution in [0, 0.1) is 6.92 Å². The summed E-state index contributed by atoms with van der Waals surface area (Å²) in [7, 11) is -1.49. The number of nitrogens with zero attached hydrogens (tertiary/aromatic N) is 1. The number of nitrogens with one attached hydrogen (secondary N) is 2. The first kappa shape index (κ1) is 24.2. The van der Waals surface area contributed by atoms with Crippen molar-refractivity contribution in [3.63, 3.8) is 0 Å². The second-order valence-corrected chi connectivity index (χ2v) is 8.22. The van der Waals surface area contributed by atoms with Gasteiger partial charge >= 0.3 is 0 Å². The fourth-order valence-electron chi connectivity index (χ4n) is 2.74. The molecule has 0 aromatic heterocycles. The van der Waals surface area contributed by atoms with E-state index in [0.29, 0.717) is 30.6 Å². The van der Waals surface area contributed by atoms with E-state index in [1.165, 1.54) is 6.26 Å². The zero-order chi connectivity index (χ0) is 19.9. The predicted octanol–water partition coefficient (Wildman–Crippen LogP) is 3.28. The number of sulfone groups is 1. The van der Waals surface area contributed by atoms with E-state index in [1.54, 1.807) is 20.0 Å². The first-order chi connectivity index (χ1) is 12.8. The van der Waals surface area contributed by atoms with Crippen LogP contribution in [0.15, 0.2) is 52.4 Å². The van der Waals surface area contributed by atoms with Crippen LogP contribution in [-0.2, 0) is 22.9 Å². The van der Waals surface area contributed by atoms with E-state index < -0.39 is 9.84 Å². The topological polar surface area (TPSA) is 79.8 Å². The van der Waals surface area contributed by atoms with Crippen LogP contribution < -0.4 is 15.4 Å². The van der Waals surface area contributed by atoms with Crippen LogP contribution in [0.2, 0.25) is 0 Å². The number of rotatable bonds is 7. The molecule has 0 saturated heterocycles. The van der Waals surface area contributed by atoms with E-state index in [1.807, 2.05) is 43.3 Å². The monoisotopic (exact) mass is 517 g/mol. The molecule has 0 radical (unpaired) electrons. The van der Waals surface area contributed by atoms with Gasteiger partial charge in [-0.05, 0) is 48.7 Å². The van der Waals surface area contributed by atoms with Crippen molar-refractivity contribution < 1.29 is 13.2 Å². The Morgan fingerprint density at radius 1 is 1.07 bits per heavy atom. The summed E-state index contributed by atoms with van der Waals surface area (Å²) in [4.78, 5) is 4.59. The van der Waals surface area contributed by atoms with Gasteiger partial charge in [-0.3, -0.25) is 4.99 Å². The fraction of sp³-hybridized carbons (Fsp3) is 0.350. The number of hydrogen-bond acceptors (Lipinski definition) is 4. The molecular weight excluding hydrogens is 489 g/mol. The maximum Gasteiger partial charge on any atom is 0.191 e. The highest BCUT2D eigenvalue weighted by Gasteiger charge is 2.11. The van der Waals surface area contributed by atoms with Crippen LogP contribution in [0.5, 0.6) is 5.75 Å². The maximum atomic E-state index is 11.7. The van der Waals surface area contributed by atoms with Gasteiger partial charge in [0, 0.05) is 26.4 Å². The number of guanidine groups is 1. The summed E-state index contributed by atoms with van der Waals surface area (Å²) < 4.78 is 28.9. The summed E-state index contributed by atoms with van der Waals surface area (Å²) in [6, 6.07) is 13.3. The minimum absolute atomic E-state index is 0. The van der Waals surface area contributed by atoms with Crippen molar-refractivity contribution >= 4 is 39.8 Å². The molecule has 2 N–H and O–H groups in total. The summed E-state index contributed by atoms with van der Waals surface area (Å²) in [5.74, 6) is 1.52. The minimum Gasteiger partial charge on any atom is -0.494 e. The highest BCUT2D eigenvalue weighted by Crippen LogP contribution is 2.16. The quantitative estimate of drug-likeness (QED) is 0.335. The minimum atomic E-state index is -3.20. The van der Waals surface area contributed by atoms with Gasteiger partial charge in [0.15, 0.2) is 15.8 Å². The van der Waals surface area contributed by atoms with Gasteiger partial charge in [-0.2, -0.15) is 0 Å². The average Bonchev–Trinajstić information content (AvgIpc) is 2.61. The van der Waals surface area contributed by atoms with Crippen molar-refractivity contribution in [1.29, 1.82) is 0 Å². The highest BCUT2D eigenvalue weighted by molar-refractivity contribution is 14.0. The first-order valence-corrected chi connectivity index (χ1v) is 10.7. The Morgan fingerprint density at radius 3 is 2.25 bits per heavy atom. The number of benzene rings is 2. The molecule has 0 spiro atoms. The number of aliphatic imine (C=N–C) groups is 1. The van der Waals surface area contributed by atoms with Crippen LogP contribution >= 0.6 is 24.0 Å². The van der Waals surface area contributed by atoms with Crippen molar-refractivity contribution in [2.24, 2.45) is 4.99 Å². The normalized spacial score (nSPS) is 11.5. The van der Waals surface area contributed by atoms with Crippen molar-refractivity contribution in [3.8, 4) is 5.75 Å². The smallest absolute Gasteiger partial charge is 0.191 e. The Hall–Kier alpha value is -1.81. The lowest BCUT2D eigenvalue weighted by Gasteiger charge is -2.13. The molecule has 0 aliphatic heterocycles. The fourth-order valence-corrected chi connectivity index (χ4v) is 3.70. The molecule has 28 heavy (non-hydrogen) atoms. The van der Waals surface area contributed by atoms with Gasteiger partial charge in [-0.15, -0.1) is 24.0 Å². The van der Waals surface area contributed by atoms with Gasteiger partial charge in [0.05, 0.1) is 11.5 Å². The summed E-state index contributed by atoms with van der Waals surface area (Å²) in [5.41, 5.74) is 2.82. The van der Waals surface area contributed by atoms with E-state index in [9.17, 15) is 8.42 Å². The summed E-state index contributed by atoms with van der Waals surface area (Å²) in [6.45, 7) is 5.56. The Labute approximate surface area is 184 Å². The van der Waals surface area contributed by atoms with Gasteiger partial charge in [0.1, 0.15) is 5.75 Å². The van der Waals surface area contributed by atoms with Crippen LogP contribution in [0.3, 0.4) is 0 Å². The zero-order valence-electron chi connectivity index (χ0n) is 16.7. The predicted molar refractivity (Wildman–Crippen MR) is 124 cm³/mol. The number of hydrogen-bond donors (Lipinski definition) is 2. The van der Waals surface area contributed by atoms with E-state index in [2.05, 4.69) is 15.6 Å². The molecule has 0 heterocycles. The Bertz CT molecular complexity index is 915. The Morgan fingerprint density at radius 2 is 1.71 bits per heavy atom. The lowest BCUT2D eigenvalue weighted by molar-refractivity contribution is 0.340. The largest absolute Gasteiger partial charge is 0.494 e. The molecule has 0 aliphatic carbocycles. The summed E-state index contributed by atoms with van der Waals surface area (Å²) >= 11 is 0. The molecule has 8 heteroatoms. The van der Waals surface area contributed by atoms with Gasteiger partial charge in [-0.1, -0.05) is 24.3 Å². The lowest BCUT2D eigenvalue weighted by atomic mass is 10.1. The SMILES string of the molecule is CCOc1cccc(CNC(=NC)NCc2ccc(S(C)(=O)=O)c(C)c2)c1.I. The molecule has 2 aromatic carbocycles. The second-order valence-electron chi connectivity index (χ2n) is 6.23. The van der Waals surface area contributed by atoms with Crippen LogP contribution in [-0.4, -0.2) is 34.3 Å². The molecular formula is C20H28IN3O3S. The summed E-state index contributed by atoms with van der Waals surface area (Å²) in [6.07, 6.45) is 1.22. The zero-order valence-corrected chi connectivity index (χ0v) is 19.8. The third kappa shape index (κ3) is 7.31. The first-order valence-electron chi connectivity index (χ1n) is 8.79. The highest BCUT2D eigenvalue weighted by atomic mass is 127. The number of ether oxygens (including phenoxy) is 1. The third-order valence-corrected chi connectivity index (χ3v) is 5.25. The van der Waals surface area contributed by atoms with Crippen molar-refractivity contribution in [2.45, 2.75) is 31.8 Å². The van der Waals surface area contributed by atoms with Crippen molar-refractivity contribution in [2.75, 3.05) is 19.9 Å². The standard InChI is InChI=1S/C20H27N3O3S.HI/c1-5-26-18-8-6-7-16(12-18)13-22-20(21-3)23-14-17-9-10-19(15(2)11-17)27(4,24)25;/h6-12H,5,13-14H2,1-4H3,(H2,21,22,23);1H. The van der Waals surface area contributed by atoms with Crippen molar-refractivity contribution in [3.05, 3.63) is 59.2 Å². The van der Waals surface area contributed by atoms with E-state index >= 15 is 0 Å². The number of halogens is 1. The Balaban J connectivity index is 0.00000392. The molecule has 0 bridgehead atoms. The molecule has 0 unspecified atom stereocenters. The van der Waals surface area contributed by atoms with Gasteiger partial charge in [0.2, 0.25) is 0 Å². The van der Waals surface area contributed by atoms with Crippen LogP contribution in [0.25, 0.3) is 0 Å². The molecule has 6 nitrogen and oxygen atoms in total. The maximum absolute atomic E-state index is 11.7. The Kier molecular flexibility index (Phi) is 9.74. The summed E-state index contributed by atoms with van der Waals surface area (Å²) in [5, 5.41) is 6.50. The second kappa shape index (κ2) is 11.3. The van der Waals surface area contributed by atoms with Crippen molar-refractivity contribution in [1.82, 2.24) is 10.6 Å². The van der Waals surface area contributed by atoms with E-state index in [0.717, 1.165) is 22.4 Å². The molecule has 0 fully saturated rings. The molecule has 2 rings (SSSR count). The van der Waals surface area contributed by atoms with Gasteiger partial charge in [0.25, 0.3) is 0 Å². The van der Waals surface area contributed by atoms with Gasteiger partial charge in [-0.25, -0.2) is 8.42 Å². The van der Waals surface area contributed by atoms with Crippen LogP contribution in [0.1, 0.15) is 23.6 Å². The molecule has 2 aromatic rings. The molecule has 0 amide bonds. The molecule has 154 valence electrons. The van der Waals surface area contributed by atoms with E-state index in [-0.39, 0.29) is 24.0 Å². The van der Waals surface area contributed by atoms with E-state index in [4.69, 9.17) is 4.74 Å². The molecule has 0 atom stereocenters. The van der Waals surface area contributed by atoms with Crippen LogP contribution in [0.4, 0.5) is 0 Å². The third-order valence-electron chi connectivity index (χ3n) is 3.99. The average molecular weight is 517 g/mol. The number of aryl methyl sites for hydroxylation is 1. The molecule has 0 aliphatic rings. The molecule has 0 saturated carbocycles.